The summed E-state index contributed by atoms with van der Waals surface area (Å²) in [6.45, 7) is 0. The van der Waals surface area contributed by atoms with Crippen LogP contribution in [0, 0.1) is 87.3 Å². The van der Waals surface area contributed by atoms with E-state index < -0.39 is 155 Å². The Morgan fingerprint density at radius 1 is 0.411 bits per heavy atom. The molecule has 0 bridgehead atoms. The van der Waals surface area contributed by atoms with Crippen LogP contribution in [-0.2, 0) is 0 Å². The number of nitrogens with one attached hydrogen (secondary N) is 2. The van der Waals surface area contributed by atoms with Crippen LogP contribution in [0.1, 0.15) is 45.1 Å². The molecular formula is C37H13F15N4. The van der Waals surface area contributed by atoms with E-state index in [0.717, 1.165) is 49.1 Å². The van der Waals surface area contributed by atoms with Crippen molar-refractivity contribution in [1.29, 1.82) is 0 Å². The van der Waals surface area contributed by atoms with Gasteiger partial charge in [-0.15, -0.1) is 0 Å². The molecule has 7 rings (SSSR count). The minimum Gasteiger partial charge on any atom is -0.361 e. The summed E-state index contributed by atoms with van der Waals surface area (Å²) in [4.78, 5) is 12.5. The first-order valence-corrected chi connectivity index (χ1v) is 15.4. The van der Waals surface area contributed by atoms with Gasteiger partial charge in [-0.05, 0) is 47.6 Å². The van der Waals surface area contributed by atoms with Gasteiger partial charge in [-0.2, -0.15) is 0 Å². The van der Waals surface area contributed by atoms with Crippen LogP contribution in [0.3, 0.4) is 0 Å². The lowest BCUT2D eigenvalue weighted by Gasteiger charge is -2.18. The number of hydrogen-bond acceptors (Lipinski definition) is 2. The zero-order valence-electron chi connectivity index (χ0n) is 26.9. The van der Waals surface area contributed by atoms with Crippen LogP contribution in [0.15, 0.2) is 70.2 Å². The van der Waals surface area contributed by atoms with E-state index in [2.05, 4.69) is 20.0 Å². The summed E-state index contributed by atoms with van der Waals surface area (Å²) in [5.74, 6) is -38.4. The predicted molar refractivity (Wildman–Crippen MR) is 169 cm³/mol. The number of aliphatic imine (C=N–C) groups is 2. The van der Waals surface area contributed by atoms with Crippen LogP contribution in [0.4, 0.5) is 65.9 Å². The third-order valence-corrected chi connectivity index (χ3v) is 8.69. The number of hydrogen-bond donors (Lipinski definition) is 2. The molecule has 2 aliphatic rings. The number of aromatic amines is 2. The topological polar surface area (TPSA) is 56.3 Å². The van der Waals surface area contributed by atoms with Crippen LogP contribution >= 0.6 is 0 Å². The van der Waals surface area contributed by atoms with Crippen molar-refractivity contribution >= 4 is 23.6 Å². The molecule has 286 valence electrons. The molecule has 0 amide bonds. The first kappa shape index (κ1) is 37.8. The molecule has 3 aromatic carbocycles. The standard InChI is InChI=1S/C37H13F15N4/c38-23-20(24(39)30(45)35(50)29(23)44)17(11-7-15(55-9-11)18(13-3-1-5-53-13)21-25(40)31(46)36(51)32(47)26(21)41)12-8-16(56-10-12)19(14-4-2-6-54-14)22-27(42)33(48)37(52)34(49)28(22)43/h1-10,17,55-56H/b18-13-,19-14-. The molecule has 5 aromatic rings. The van der Waals surface area contributed by atoms with Crippen LogP contribution in [0.25, 0.3) is 11.1 Å². The molecule has 0 aliphatic carbocycles. The lowest BCUT2D eigenvalue weighted by atomic mass is 9.85. The van der Waals surface area contributed by atoms with Crippen LogP contribution in [0.5, 0.6) is 0 Å². The second kappa shape index (κ2) is 14.0. The highest BCUT2D eigenvalue weighted by Crippen LogP contribution is 2.43. The van der Waals surface area contributed by atoms with E-state index >= 15 is 26.3 Å². The zero-order chi connectivity index (χ0) is 40.5. The Morgan fingerprint density at radius 3 is 1.02 bits per heavy atom. The SMILES string of the molecule is Fc1c(F)c(F)c(/C(=C2/C=CC=N2)c2cc(C(c3c[nH]c(/C(=C4\C=CC=N4)c4c(F)c(F)c(F)c(F)c4F)c3)c3c(F)c(F)c(F)c(F)c3F)c[nH]2)c(F)c1F. The summed E-state index contributed by atoms with van der Waals surface area (Å²) in [5.41, 5.74) is -9.41. The minimum atomic E-state index is -2.58. The molecule has 0 atom stereocenters. The molecule has 2 aliphatic heterocycles. The number of allylic oxidation sites excluding steroid dienone is 4. The van der Waals surface area contributed by atoms with Gasteiger partial charge in [-0.25, -0.2) is 65.9 Å². The maximum absolute atomic E-state index is 15.6. The summed E-state index contributed by atoms with van der Waals surface area (Å²) < 4.78 is 221. The van der Waals surface area contributed by atoms with Gasteiger partial charge in [-0.1, -0.05) is 0 Å². The Kier molecular flexibility index (Phi) is 9.41. The molecule has 2 N–H and O–H groups in total. The van der Waals surface area contributed by atoms with Crippen molar-refractivity contribution in [2.24, 2.45) is 9.98 Å². The first-order valence-electron chi connectivity index (χ1n) is 15.4. The molecule has 19 heteroatoms. The van der Waals surface area contributed by atoms with Gasteiger partial charge in [0.2, 0.25) is 17.5 Å². The van der Waals surface area contributed by atoms with Gasteiger partial charge in [-0.3, -0.25) is 9.98 Å². The molecule has 2 aromatic heterocycles. The highest BCUT2D eigenvalue weighted by Gasteiger charge is 2.36. The van der Waals surface area contributed by atoms with Crippen molar-refractivity contribution in [1.82, 2.24) is 9.97 Å². The molecule has 0 fully saturated rings. The van der Waals surface area contributed by atoms with Crippen molar-refractivity contribution in [3.8, 4) is 0 Å². The second-order valence-electron chi connectivity index (χ2n) is 11.8. The van der Waals surface area contributed by atoms with Crippen LogP contribution in [-0.4, -0.2) is 22.4 Å². The molecule has 4 heterocycles. The van der Waals surface area contributed by atoms with Gasteiger partial charge in [0, 0.05) is 58.8 Å². The van der Waals surface area contributed by atoms with E-state index in [1.54, 1.807) is 0 Å². The fourth-order valence-corrected chi connectivity index (χ4v) is 6.19. The van der Waals surface area contributed by atoms with E-state index in [1.807, 2.05) is 0 Å². The normalized spacial score (nSPS) is 15.8. The molecule has 56 heavy (non-hydrogen) atoms. The fourth-order valence-electron chi connectivity index (χ4n) is 6.19. The van der Waals surface area contributed by atoms with Gasteiger partial charge >= 0.3 is 0 Å². The maximum atomic E-state index is 15.6. The summed E-state index contributed by atoms with van der Waals surface area (Å²) in [5, 5.41) is 0. The molecule has 0 saturated heterocycles. The monoisotopic (exact) mass is 798 g/mol. The Bertz CT molecular complexity index is 2450. The van der Waals surface area contributed by atoms with E-state index in [9.17, 15) is 39.5 Å². The summed E-state index contributed by atoms with van der Waals surface area (Å²) in [6, 6.07) is 1.57. The molecular weight excluding hydrogens is 785 g/mol. The van der Waals surface area contributed by atoms with Crippen LogP contribution in [0.2, 0.25) is 0 Å². The Hall–Kier alpha value is -6.53. The second-order valence-corrected chi connectivity index (χ2v) is 11.8. The third kappa shape index (κ3) is 5.75. The predicted octanol–water partition coefficient (Wildman–Crippen LogP) is 10.4. The Labute approximate surface area is 302 Å². The largest absolute Gasteiger partial charge is 0.361 e. The van der Waals surface area contributed by atoms with E-state index in [0.29, 0.717) is 0 Å². The highest BCUT2D eigenvalue weighted by atomic mass is 19.2. The van der Waals surface area contributed by atoms with E-state index in [4.69, 9.17) is 0 Å². The van der Waals surface area contributed by atoms with Crippen molar-refractivity contribution in [2.75, 3.05) is 0 Å². The van der Waals surface area contributed by atoms with Crippen molar-refractivity contribution < 1.29 is 65.9 Å². The first-order chi connectivity index (χ1) is 26.6. The lowest BCUT2D eigenvalue weighted by molar-refractivity contribution is 0.369. The van der Waals surface area contributed by atoms with Gasteiger partial charge in [0.1, 0.15) is 0 Å². The summed E-state index contributed by atoms with van der Waals surface area (Å²) in [6.07, 6.45) is 8.26. The quantitative estimate of drug-likeness (QED) is 0.0936. The maximum Gasteiger partial charge on any atom is 0.200 e. The number of rotatable bonds is 7. The van der Waals surface area contributed by atoms with Crippen molar-refractivity contribution in [3.63, 3.8) is 0 Å². The van der Waals surface area contributed by atoms with Crippen molar-refractivity contribution in [3.05, 3.63) is 187 Å². The fraction of sp³-hybridized carbons (Fsp3) is 0.0270. The lowest BCUT2D eigenvalue weighted by Crippen LogP contribution is -2.13. The molecule has 4 nitrogen and oxygen atoms in total. The number of aromatic nitrogens is 2. The molecule has 0 spiro atoms. The molecule has 0 radical (unpaired) electrons. The van der Waals surface area contributed by atoms with E-state index in [1.165, 1.54) is 12.2 Å². The number of benzene rings is 3. The number of halogens is 15. The van der Waals surface area contributed by atoms with Gasteiger partial charge in [0.05, 0.1) is 22.5 Å². The van der Waals surface area contributed by atoms with E-state index in [-0.39, 0.29) is 0 Å². The van der Waals surface area contributed by atoms with Gasteiger partial charge in [0.15, 0.2) is 69.8 Å². The van der Waals surface area contributed by atoms with Gasteiger partial charge < -0.3 is 9.97 Å². The average Bonchev–Trinajstić information content (AvgIpc) is 4.04. The minimum absolute atomic E-state index is 0.428. The van der Waals surface area contributed by atoms with Gasteiger partial charge in [0.25, 0.3) is 0 Å². The molecule has 0 saturated carbocycles. The third-order valence-electron chi connectivity index (χ3n) is 8.69. The highest BCUT2D eigenvalue weighted by molar-refractivity contribution is 5.90. The smallest absolute Gasteiger partial charge is 0.200 e. The number of nitrogens with zero attached hydrogens (tertiary/aromatic N) is 2. The average molecular weight is 799 g/mol. The molecule has 0 unspecified atom stereocenters. The number of H-pyrrole nitrogens is 2. The Balaban J connectivity index is 1.49. The Morgan fingerprint density at radius 2 is 0.714 bits per heavy atom. The van der Waals surface area contributed by atoms with Crippen molar-refractivity contribution in [2.45, 2.75) is 5.92 Å². The summed E-state index contributed by atoms with van der Waals surface area (Å²) in [7, 11) is 0. The zero-order valence-corrected chi connectivity index (χ0v) is 26.9. The van der Waals surface area contributed by atoms with Crippen LogP contribution < -0.4 is 0 Å². The summed E-state index contributed by atoms with van der Waals surface area (Å²) >= 11 is 0.